The molecule has 7 heteroatoms. The summed E-state index contributed by atoms with van der Waals surface area (Å²) >= 11 is 6.25. The van der Waals surface area contributed by atoms with Crippen LogP contribution in [0, 0.1) is 6.92 Å². The number of nitrogens with one attached hydrogen (secondary N) is 1. The Kier molecular flexibility index (Phi) is 4.72. The first-order valence-corrected chi connectivity index (χ1v) is 9.60. The molecule has 1 fully saturated rings. The molecule has 5 nitrogen and oxygen atoms in total. The number of amides is 2. The van der Waals surface area contributed by atoms with Crippen molar-refractivity contribution in [2.75, 3.05) is 11.5 Å². The number of fused-ring (bicyclic) bond motifs is 1. The van der Waals surface area contributed by atoms with Crippen molar-refractivity contribution in [1.82, 2.24) is 5.32 Å². The van der Waals surface area contributed by atoms with Crippen LogP contribution < -0.4 is 15.0 Å². The molecule has 2 aromatic rings. The summed E-state index contributed by atoms with van der Waals surface area (Å²) in [6.45, 7) is 2.52. The Hall–Kier alpha value is -2.64. The van der Waals surface area contributed by atoms with E-state index in [-0.39, 0.29) is 18.4 Å². The van der Waals surface area contributed by atoms with E-state index < -0.39 is 0 Å². The lowest BCUT2D eigenvalue weighted by molar-refractivity contribution is -0.121. The molecule has 0 aromatic heterocycles. The van der Waals surface area contributed by atoms with Crippen molar-refractivity contribution in [3.63, 3.8) is 0 Å². The lowest BCUT2D eigenvalue weighted by Crippen LogP contribution is -2.38. The van der Waals surface area contributed by atoms with E-state index >= 15 is 0 Å². The van der Waals surface area contributed by atoms with E-state index in [1.165, 1.54) is 17.3 Å². The van der Waals surface area contributed by atoms with Gasteiger partial charge in [-0.3, -0.25) is 9.59 Å². The molecule has 0 unspecified atom stereocenters. The zero-order valence-corrected chi connectivity index (χ0v) is 16.2. The predicted molar refractivity (Wildman–Crippen MR) is 111 cm³/mol. The van der Waals surface area contributed by atoms with E-state index in [4.69, 9.17) is 17.0 Å². The van der Waals surface area contributed by atoms with Gasteiger partial charge in [-0.05, 0) is 36.3 Å². The van der Waals surface area contributed by atoms with Crippen molar-refractivity contribution < 1.29 is 14.3 Å². The number of rotatable bonds is 3. The van der Waals surface area contributed by atoms with Crippen molar-refractivity contribution in [3.05, 3.63) is 64.1 Å². The predicted octanol–water partition coefficient (Wildman–Crippen LogP) is 3.41. The molecule has 0 aliphatic carbocycles. The van der Waals surface area contributed by atoms with Crippen molar-refractivity contribution in [1.29, 1.82) is 0 Å². The van der Waals surface area contributed by atoms with Gasteiger partial charge in [0.25, 0.3) is 11.8 Å². The van der Waals surface area contributed by atoms with E-state index in [1.807, 2.05) is 49.4 Å². The summed E-state index contributed by atoms with van der Waals surface area (Å²) in [5.74, 6) is 0.358. The number of thioether (sulfide) groups is 1. The van der Waals surface area contributed by atoms with E-state index in [0.717, 1.165) is 11.1 Å². The molecular formula is C20H16N2O3S2. The number of nitrogens with zero attached hydrogens (tertiary/aromatic N) is 1. The standard InChI is InChI=1S/C20H16N2O3S2/c1-12-2-4-13(5-3-12)10-22-15-8-14(6-7-16(15)25-11-18(22)23)9-17-19(24)21-20(26)27-17/h2-9H,10-11H2,1H3,(H,21,24,26). The van der Waals surface area contributed by atoms with Gasteiger partial charge in [0.05, 0.1) is 17.1 Å². The highest BCUT2D eigenvalue weighted by atomic mass is 32.2. The van der Waals surface area contributed by atoms with E-state index in [2.05, 4.69) is 5.32 Å². The molecule has 2 aliphatic rings. The van der Waals surface area contributed by atoms with Crippen molar-refractivity contribution in [2.24, 2.45) is 0 Å². The number of ether oxygens (including phenoxy) is 1. The summed E-state index contributed by atoms with van der Waals surface area (Å²) in [5, 5.41) is 2.60. The fourth-order valence-corrected chi connectivity index (χ4v) is 3.97. The molecule has 1 N–H and O–H groups in total. The van der Waals surface area contributed by atoms with Crippen LogP contribution in [0.5, 0.6) is 5.75 Å². The van der Waals surface area contributed by atoms with Crippen LogP contribution in [0.4, 0.5) is 5.69 Å². The molecule has 0 spiro atoms. The summed E-state index contributed by atoms with van der Waals surface area (Å²) in [6, 6.07) is 13.6. The second kappa shape index (κ2) is 7.17. The van der Waals surface area contributed by atoms with Gasteiger partial charge in [-0.15, -0.1) is 0 Å². The van der Waals surface area contributed by atoms with Crippen LogP contribution in [-0.4, -0.2) is 22.7 Å². The fourth-order valence-electron chi connectivity index (χ4n) is 2.93. The van der Waals surface area contributed by atoms with Crippen LogP contribution in [-0.2, 0) is 16.1 Å². The second-order valence-electron chi connectivity index (χ2n) is 6.33. The van der Waals surface area contributed by atoms with Crippen LogP contribution in [0.15, 0.2) is 47.4 Å². The summed E-state index contributed by atoms with van der Waals surface area (Å²) < 4.78 is 6.02. The normalized spacial score (nSPS) is 17.7. The summed E-state index contributed by atoms with van der Waals surface area (Å²) in [7, 11) is 0. The zero-order valence-electron chi connectivity index (χ0n) is 14.5. The first kappa shape index (κ1) is 17.8. The summed E-state index contributed by atoms with van der Waals surface area (Å²) in [5.41, 5.74) is 3.73. The third-order valence-electron chi connectivity index (χ3n) is 4.33. The summed E-state index contributed by atoms with van der Waals surface area (Å²) in [4.78, 5) is 26.6. The molecule has 0 radical (unpaired) electrons. The van der Waals surface area contributed by atoms with Crippen LogP contribution in [0.25, 0.3) is 6.08 Å². The molecule has 1 saturated heterocycles. The third kappa shape index (κ3) is 3.74. The average Bonchev–Trinajstić information content (AvgIpc) is 2.96. The fraction of sp³-hybridized carbons (Fsp3) is 0.150. The first-order valence-electron chi connectivity index (χ1n) is 8.37. The van der Waals surface area contributed by atoms with E-state index in [9.17, 15) is 9.59 Å². The second-order valence-corrected chi connectivity index (χ2v) is 8.05. The minimum absolute atomic E-state index is 0.0197. The van der Waals surface area contributed by atoms with E-state index in [1.54, 1.807) is 11.0 Å². The lowest BCUT2D eigenvalue weighted by Gasteiger charge is -2.29. The molecule has 0 bridgehead atoms. The quantitative estimate of drug-likeness (QED) is 0.636. The van der Waals surface area contributed by atoms with Crippen LogP contribution in [0.3, 0.4) is 0 Å². The van der Waals surface area contributed by atoms with Crippen molar-refractivity contribution in [2.45, 2.75) is 13.5 Å². The number of aryl methyl sites for hydroxylation is 1. The minimum Gasteiger partial charge on any atom is -0.482 e. The maximum atomic E-state index is 12.5. The number of thiocarbonyl (C=S) groups is 1. The van der Waals surface area contributed by atoms with Crippen molar-refractivity contribution in [3.8, 4) is 5.75 Å². The Bertz CT molecular complexity index is 983. The largest absolute Gasteiger partial charge is 0.482 e. The van der Waals surface area contributed by atoms with Gasteiger partial charge >= 0.3 is 0 Å². The molecular weight excluding hydrogens is 380 g/mol. The summed E-state index contributed by atoms with van der Waals surface area (Å²) in [6.07, 6.45) is 1.77. The Labute approximate surface area is 166 Å². The molecule has 2 heterocycles. The highest BCUT2D eigenvalue weighted by molar-refractivity contribution is 8.26. The molecule has 4 rings (SSSR count). The van der Waals surface area contributed by atoms with Gasteiger partial charge in [-0.2, -0.15) is 0 Å². The highest BCUT2D eigenvalue weighted by Crippen LogP contribution is 2.35. The van der Waals surface area contributed by atoms with Gasteiger partial charge in [0.2, 0.25) is 0 Å². The van der Waals surface area contributed by atoms with Gasteiger partial charge in [-0.25, -0.2) is 0 Å². The number of hydrogen-bond acceptors (Lipinski definition) is 5. The number of hydrogen-bond donors (Lipinski definition) is 1. The molecule has 2 aromatic carbocycles. The maximum Gasteiger partial charge on any atom is 0.265 e. The average molecular weight is 396 g/mol. The highest BCUT2D eigenvalue weighted by Gasteiger charge is 2.27. The van der Waals surface area contributed by atoms with Gasteiger partial charge in [0, 0.05) is 0 Å². The van der Waals surface area contributed by atoms with Crippen molar-refractivity contribution >= 4 is 51.9 Å². The Morgan fingerprint density at radius 3 is 2.70 bits per heavy atom. The molecule has 136 valence electrons. The number of benzene rings is 2. The van der Waals surface area contributed by atoms with Gasteiger partial charge in [0.1, 0.15) is 10.1 Å². The molecule has 27 heavy (non-hydrogen) atoms. The maximum absolute atomic E-state index is 12.5. The topological polar surface area (TPSA) is 58.6 Å². The van der Waals surface area contributed by atoms with Crippen LogP contribution in [0.2, 0.25) is 0 Å². The van der Waals surface area contributed by atoms with Gasteiger partial charge < -0.3 is 15.0 Å². The molecule has 2 amide bonds. The Morgan fingerprint density at radius 1 is 1.22 bits per heavy atom. The number of carbonyl (C=O) groups is 2. The first-order chi connectivity index (χ1) is 13.0. The zero-order chi connectivity index (χ0) is 19.0. The SMILES string of the molecule is Cc1ccc(CN2C(=O)COc3ccc(C=C4SC(=S)NC4=O)cc32)cc1. The Balaban J connectivity index is 1.67. The molecule has 2 aliphatic heterocycles. The monoisotopic (exact) mass is 396 g/mol. The number of anilines is 1. The Morgan fingerprint density at radius 2 is 2.00 bits per heavy atom. The minimum atomic E-state index is -0.202. The van der Waals surface area contributed by atoms with Crippen LogP contribution >= 0.6 is 24.0 Å². The lowest BCUT2D eigenvalue weighted by atomic mass is 10.1. The molecule has 0 saturated carbocycles. The van der Waals surface area contributed by atoms with Gasteiger partial charge in [-0.1, -0.05) is 59.9 Å². The molecule has 0 atom stereocenters. The van der Waals surface area contributed by atoms with Gasteiger partial charge in [0.15, 0.2) is 6.61 Å². The van der Waals surface area contributed by atoms with E-state index in [0.29, 0.717) is 27.2 Å². The van der Waals surface area contributed by atoms with Crippen LogP contribution in [0.1, 0.15) is 16.7 Å². The number of carbonyl (C=O) groups excluding carboxylic acids is 2. The smallest absolute Gasteiger partial charge is 0.265 e. The third-order valence-corrected chi connectivity index (χ3v) is 5.49.